The highest BCUT2D eigenvalue weighted by atomic mass is 19.1. The third kappa shape index (κ3) is 3.26. The molecule has 0 radical (unpaired) electrons. The summed E-state index contributed by atoms with van der Waals surface area (Å²) in [6.07, 6.45) is 4.83. The van der Waals surface area contributed by atoms with E-state index in [0.29, 0.717) is 43.0 Å². The molecule has 5 fully saturated rings. The van der Waals surface area contributed by atoms with Crippen molar-refractivity contribution in [1.29, 1.82) is 0 Å². The van der Waals surface area contributed by atoms with Crippen LogP contribution in [0, 0.1) is 28.4 Å². The number of aromatic nitrogens is 3. The lowest BCUT2D eigenvalue weighted by Crippen LogP contribution is -2.71. The molecule has 3 aliphatic heterocycles. The Hall–Kier alpha value is -2.55. The van der Waals surface area contributed by atoms with Gasteiger partial charge in [-0.15, -0.1) is 0 Å². The van der Waals surface area contributed by atoms with E-state index in [4.69, 9.17) is 4.74 Å². The zero-order valence-electron chi connectivity index (χ0n) is 19.1. The summed E-state index contributed by atoms with van der Waals surface area (Å²) < 4.78 is 32.3. The van der Waals surface area contributed by atoms with Crippen LogP contribution in [0.25, 0.3) is 0 Å². The third-order valence-corrected chi connectivity index (χ3v) is 8.88. The van der Waals surface area contributed by atoms with Gasteiger partial charge in [-0.3, -0.25) is 5.10 Å². The van der Waals surface area contributed by atoms with Crippen LogP contribution in [-0.2, 0) is 11.2 Å². The van der Waals surface area contributed by atoms with Crippen LogP contribution < -0.4 is 0 Å². The van der Waals surface area contributed by atoms with Gasteiger partial charge in [-0.1, -0.05) is 6.07 Å². The molecular weight excluding hydrogens is 440 g/mol. The smallest absolute Gasteiger partial charge is 0.320 e. The summed E-state index contributed by atoms with van der Waals surface area (Å²) in [5.41, 5.74) is 1.07. The van der Waals surface area contributed by atoms with Crippen molar-refractivity contribution in [3.8, 4) is 0 Å². The Morgan fingerprint density at radius 3 is 2.32 bits per heavy atom. The molecule has 34 heavy (non-hydrogen) atoms. The fraction of sp³-hybridized carbons (Fsp3) is 0.640. The highest BCUT2D eigenvalue weighted by molar-refractivity contribution is 5.77. The van der Waals surface area contributed by atoms with Gasteiger partial charge in [-0.2, -0.15) is 5.10 Å². The summed E-state index contributed by atoms with van der Waals surface area (Å²) in [7, 11) is 0. The zero-order chi connectivity index (χ0) is 23.1. The van der Waals surface area contributed by atoms with Crippen molar-refractivity contribution in [3.05, 3.63) is 47.0 Å². The van der Waals surface area contributed by atoms with E-state index in [-0.39, 0.29) is 16.9 Å². The van der Waals surface area contributed by atoms with Gasteiger partial charge in [0.15, 0.2) is 5.82 Å². The molecule has 0 bridgehead atoms. The van der Waals surface area contributed by atoms with Crippen LogP contribution >= 0.6 is 0 Å². The van der Waals surface area contributed by atoms with Crippen molar-refractivity contribution in [1.82, 2.24) is 25.0 Å². The van der Waals surface area contributed by atoms with Gasteiger partial charge in [0.05, 0.1) is 19.1 Å². The summed E-state index contributed by atoms with van der Waals surface area (Å²) >= 11 is 0. The largest absolute Gasteiger partial charge is 0.380 e. The van der Waals surface area contributed by atoms with Crippen LogP contribution in [0.15, 0.2) is 18.2 Å². The molecule has 3 saturated heterocycles. The maximum absolute atomic E-state index is 13.9. The molecule has 1 N–H and O–H groups in total. The van der Waals surface area contributed by atoms with E-state index in [1.807, 2.05) is 9.80 Å². The number of aromatic amines is 1. The minimum Gasteiger partial charge on any atom is -0.380 e. The molecule has 180 valence electrons. The Morgan fingerprint density at radius 2 is 1.71 bits per heavy atom. The Kier molecular flexibility index (Phi) is 4.42. The van der Waals surface area contributed by atoms with Crippen LogP contribution in [0.2, 0.25) is 0 Å². The number of carbonyl (C=O) groups is 1. The molecule has 2 saturated carbocycles. The SMILES string of the molecule is O=C(N1CC2(CC(Cc3ccc(F)cc3F)C2)C1)N1CC2(CC(c3nc(C4COC4)n[nH]3)C2)C1. The van der Waals surface area contributed by atoms with Crippen molar-refractivity contribution in [3.63, 3.8) is 0 Å². The van der Waals surface area contributed by atoms with Crippen molar-refractivity contribution >= 4 is 6.03 Å². The molecule has 7 rings (SSSR count). The molecule has 2 amide bonds. The van der Waals surface area contributed by atoms with E-state index >= 15 is 0 Å². The Morgan fingerprint density at radius 1 is 1.03 bits per heavy atom. The first-order valence-corrected chi connectivity index (χ1v) is 12.4. The number of nitrogens with one attached hydrogen (secondary N) is 1. The molecule has 0 unspecified atom stereocenters. The Bertz CT molecular complexity index is 1120. The van der Waals surface area contributed by atoms with Crippen LogP contribution in [0.5, 0.6) is 0 Å². The molecule has 5 aliphatic rings. The average Bonchev–Trinajstić information content (AvgIpc) is 3.09. The van der Waals surface area contributed by atoms with Crippen LogP contribution in [-0.4, -0.2) is 70.4 Å². The highest BCUT2D eigenvalue weighted by Gasteiger charge is 2.58. The first kappa shape index (κ1) is 20.8. The van der Waals surface area contributed by atoms with Gasteiger partial charge in [0.1, 0.15) is 17.5 Å². The predicted molar refractivity (Wildman–Crippen MR) is 118 cm³/mol. The number of H-pyrrole nitrogens is 1. The predicted octanol–water partition coefficient (Wildman–Crippen LogP) is 3.45. The van der Waals surface area contributed by atoms with Crippen LogP contribution in [0.4, 0.5) is 13.6 Å². The monoisotopic (exact) mass is 469 g/mol. The minimum absolute atomic E-state index is 0.166. The number of hydrogen-bond acceptors (Lipinski definition) is 4. The van der Waals surface area contributed by atoms with Gasteiger partial charge in [-0.05, 0) is 49.7 Å². The standard InChI is InChI=1S/C25H29F2N5O2/c26-19-2-1-16(20(27)4-19)3-15-5-24(6-15)11-31(12-24)23(33)32-13-25(14-32)7-17(8-25)21-28-22(30-29-21)18-9-34-10-18/h1-2,4,15,17-18H,3,5-14H2,(H,28,29,30). The molecule has 2 aromatic rings. The van der Waals surface area contributed by atoms with Crippen LogP contribution in [0.3, 0.4) is 0 Å². The van der Waals surface area contributed by atoms with Crippen LogP contribution in [0.1, 0.15) is 54.7 Å². The number of urea groups is 1. The number of benzene rings is 1. The number of ether oxygens (including phenoxy) is 1. The molecule has 9 heteroatoms. The van der Waals surface area contributed by atoms with Gasteiger partial charge in [0.2, 0.25) is 0 Å². The second kappa shape index (κ2) is 7.23. The highest BCUT2D eigenvalue weighted by Crippen LogP contribution is 2.57. The lowest BCUT2D eigenvalue weighted by molar-refractivity contribution is -0.100. The number of halogens is 2. The number of carbonyl (C=O) groups excluding carboxylic acids is 1. The summed E-state index contributed by atoms with van der Waals surface area (Å²) in [4.78, 5) is 21.6. The van der Waals surface area contributed by atoms with Crippen molar-refractivity contribution in [2.45, 2.75) is 43.9 Å². The number of nitrogens with zero attached hydrogens (tertiary/aromatic N) is 4. The van der Waals surface area contributed by atoms with E-state index in [0.717, 1.165) is 69.6 Å². The Labute approximate surface area is 196 Å². The van der Waals surface area contributed by atoms with Gasteiger partial charge in [0.25, 0.3) is 0 Å². The average molecular weight is 470 g/mol. The first-order chi connectivity index (χ1) is 16.4. The third-order valence-electron chi connectivity index (χ3n) is 8.88. The summed E-state index contributed by atoms with van der Waals surface area (Å²) in [5.74, 6) is 2.06. The number of rotatable bonds is 4. The van der Waals surface area contributed by atoms with Gasteiger partial charge < -0.3 is 14.5 Å². The van der Waals surface area contributed by atoms with Crippen molar-refractivity contribution in [2.75, 3.05) is 39.4 Å². The molecule has 7 nitrogen and oxygen atoms in total. The normalized spacial score (nSPS) is 25.5. The quantitative estimate of drug-likeness (QED) is 0.745. The first-order valence-electron chi connectivity index (χ1n) is 12.4. The maximum Gasteiger partial charge on any atom is 0.320 e. The molecule has 0 atom stereocenters. The molecule has 1 aromatic carbocycles. The lowest BCUT2D eigenvalue weighted by atomic mass is 9.56. The van der Waals surface area contributed by atoms with Gasteiger partial charge in [0, 0.05) is 49.0 Å². The topological polar surface area (TPSA) is 74.3 Å². The van der Waals surface area contributed by atoms with Gasteiger partial charge >= 0.3 is 6.03 Å². The number of hydrogen-bond donors (Lipinski definition) is 1. The second-order valence-corrected chi connectivity index (χ2v) is 11.6. The lowest BCUT2D eigenvalue weighted by Gasteiger charge is -2.63. The molecular formula is C25H29F2N5O2. The summed E-state index contributed by atoms with van der Waals surface area (Å²) in [6, 6.07) is 4.01. The fourth-order valence-corrected chi connectivity index (χ4v) is 7.04. The second-order valence-electron chi connectivity index (χ2n) is 11.6. The van der Waals surface area contributed by atoms with E-state index in [1.54, 1.807) is 6.07 Å². The maximum atomic E-state index is 13.9. The van der Waals surface area contributed by atoms with E-state index < -0.39 is 11.6 Å². The number of likely N-dealkylation sites (tertiary alicyclic amines) is 2. The molecule has 4 heterocycles. The number of amides is 2. The van der Waals surface area contributed by atoms with E-state index in [1.165, 1.54) is 6.07 Å². The zero-order valence-corrected chi connectivity index (χ0v) is 19.1. The van der Waals surface area contributed by atoms with Crippen molar-refractivity contribution in [2.24, 2.45) is 16.7 Å². The van der Waals surface area contributed by atoms with E-state index in [9.17, 15) is 13.6 Å². The van der Waals surface area contributed by atoms with E-state index in [2.05, 4.69) is 15.2 Å². The van der Waals surface area contributed by atoms with Gasteiger partial charge in [-0.25, -0.2) is 18.6 Å². The minimum atomic E-state index is -0.531. The fourth-order valence-electron chi connectivity index (χ4n) is 7.04. The Balaban J connectivity index is 0.851. The summed E-state index contributed by atoms with van der Waals surface area (Å²) in [6.45, 7) is 4.74. The molecule has 1 aromatic heterocycles. The molecule has 2 spiro atoms. The summed E-state index contributed by atoms with van der Waals surface area (Å²) in [5, 5.41) is 7.48. The molecule has 2 aliphatic carbocycles. The van der Waals surface area contributed by atoms with Crippen molar-refractivity contribution < 1.29 is 18.3 Å².